The summed E-state index contributed by atoms with van der Waals surface area (Å²) in [5.74, 6) is 2.09. The normalized spacial score (nSPS) is 17.8. The molecule has 25 heavy (non-hydrogen) atoms. The molecule has 0 radical (unpaired) electrons. The molecule has 0 aliphatic carbocycles. The van der Waals surface area contributed by atoms with Gasteiger partial charge in [-0.25, -0.2) is 0 Å². The second kappa shape index (κ2) is 7.65. The van der Waals surface area contributed by atoms with Crippen LogP contribution in [0, 0.1) is 0 Å². The van der Waals surface area contributed by atoms with Crippen LogP contribution >= 0.6 is 0 Å². The Kier molecular flexibility index (Phi) is 5.33. The SMILES string of the molecule is COc1ccc(CC(=O)N2CCO[C@H](c3noc(C(C)C)n3)C2)cc1. The van der Waals surface area contributed by atoms with Crippen LogP contribution in [0.1, 0.15) is 43.1 Å². The monoisotopic (exact) mass is 345 g/mol. The second-order valence-electron chi connectivity index (χ2n) is 6.37. The third-order valence-corrected chi connectivity index (χ3v) is 4.17. The molecule has 0 spiro atoms. The summed E-state index contributed by atoms with van der Waals surface area (Å²) >= 11 is 0. The van der Waals surface area contributed by atoms with Crippen molar-refractivity contribution in [1.82, 2.24) is 15.0 Å². The van der Waals surface area contributed by atoms with Crippen molar-refractivity contribution in [3.8, 4) is 5.75 Å². The number of hydrogen-bond donors (Lipinski definition) is 0. The van der Waals surface area contributed by atoms with Crippen LogP contribution in [0.3, 0.4) is 0 Å². The van der Waals surface area contributed by atoms with Crippen LogP contribution < -0.4 is 4.74 Å². The summed E-state index contributed by atoms with van der Waals surface area (Å²) in [4.78, 5) is 18.8. The lowest BCUT2D eigenvalue weighted by Gasteiger charge is -2.31. The molecule has 2 aromatic rings. The molecule has 7 nitrogen and oxygen atoms in total. The molecule has 7 heteroatoms. The maximum Gasteiger partial charge on any atom is 0.229 e. The van der Waals surface area contributed by atoms with Gasteiger partial charge in [0.2, 0.25) is 17.6 Å². The van der Waals surface area contributed by atoms with E-state index in [9.17, 15) is 4.79 Å². The van der Waals surface area contributed by atoms with Crippen molar-refractivity contribution in [2.75, 3.05) is 26.8 Å². The molecular formula is C18H23N3O4. The number of carbonyl (C=O) groups excluding carboxylic acids is 1. The molecular weight excluding hydrogens is 322 g/mol. The third-order valence-electron chi connectivity index (χ3n) is 4.17. The van der Waals surface area contributed by atoms with Gasteiger partial charge in [-0.3, -0.25) is 4.79 Å². The minimum Gasteiger partial charge on any atom is -0.497 e. The van der Waals surface area contributed by atoms with E-state index < -0.39 is 0 Å². The fraction of sp³-hybridized carbons (Fsp3) is 0.500. The lowest BCUT2D eigenvalue weighted by molar-refractivity contribution is -0.138. The number of methoxy groups -OCH3 is 1. The molecule has 1 fully saturated rings. The van der Waals surface area contributed by atoms with E-state index in [-0.39, 0.29) is 17.9 Å². The Morgan fingerprint density at radius 1 is 1.36 bits per heavy atom. The van der Waals surface area contributed by atoms with E-state index in [1.807, 2.05) is 38.1 Å². The lowest BCUT2D eigenvalue weighted by atomic mass is 10.1. The van der Waals surface area contributed by atoms with Gasteiger partial charge in [-0.1, -0.05) is 31.1 Å². The van der Waals surface area contributed by atoms with E-state index in [0.29, 0.717) is 37.8 Å². The van der Waals surface area contributed by atoms with Gasteiger partial charge in [-0.15, -0.1) is 0 Å². The van der Waals surface area contributed by atoms with Crippen LogP contribution in [0.15, 0.2) is 28.8 Å². The van der Waals surface area contributed by atoms with Crippen LogP contribution in [0.4, 0.5) is 0 Å². The standard InChI is InChI=1S/C18H23N3O4/c1-12(2)18-19-17(20-25-18)15-11-21(8-9-24-15)16(22)10-13-4-6-14(23-3)7-5-13/h4-7,12,15H,8-11H2,1-3H3/t15-/m0/s1. The summed E-state index contributed by atoms with van der Waals surface area (Å²) < 4.78 is 16.1. The first-order valence-electron chi connectivity index (χ1n) is 8.42. The number of morpholine rings is 1. The van der Waals surface area contributed by atoms with Gasteiger partial charge in [-0.05, 0) is 17.7 Å². The number of carbonyl (C=O) groups is 1. The van der Waals surface area contributed by atoms with Gasteiger partial charge < -0.3 is 18.9 Å². The fourth-order valence-corrected chi connectivity index (χ4v) is 2.67. The van der Waals surface area contributed by atoms with Crippen LogP contribution in [-0.4, -0.2) is 47.8 Å². The molecule has 0 N–H and O–H groups in total. The van der Waals surface area contributed by atoms with Crippen molar-refractivity contribution in [2.45, 2.75) is 32.3 Å². The summed E-state index contributed by atoms with van der Waals surface area (Å²) in [6, 6.07) is 7.53. The summed E-state index contributed by atoms with van der Waals surface area (Å²) in [6.07, 6.45) is 0.00466. The molecule has 0 bridgehead atoms. The minimum atomic E-state index is -0.343. The summed E-state index contributed by atoms with van der Waals surface area (Å²) in [5, 5.41) is 4.00. The van der Waals surface area contributed by atoms with E-state index in [2.05, 4.69) is 10.1 Å². The second-order valence-corrected chi connectivity index (χ2v) is 6.37. The number of ether oxygens (including phenoxy) is 2. The van der Waals surface area contributed by atoms with Crippen molar-refractivity contribution in [3.05, 3.63) is 41.5 Å². The lowest BCUT2D eigenvalue weighted by Crippen LogP contribution is -2.43. The predicted molar refractivity (Wildman–Crippen MR) is 90.4 cm³/mol. The quantitative estimate of drug-likeness (QED) is 0.828. The Labute approximate surface area is 146 Å². The summed E-state index contributed by atoms with van der Waals surface area (Å²) in [5.41, 5.74) is 0.954. The number of rotatable bonds is 5. The van der Waals surface area contributed by atoms with E-state index in [4.69, 9.17) is 14.0 Å². The van der Waals surface area contributed by atoms with Crippen molar-refractivity contribution in [3.63, 3.8) is 0 Å². The average Bonchev–Trinajstić information content (AvgIpc) is 3.13. The zero-order chi connectivity index (χ0) is 17.8. The highest BCUT2D eigenvalue weighted by molar-refractivity contribution is 5.79. The van der Waals surface area contributed by atoms with Gasteiger partial charge in [0.25, 0.3) is 0 Å². The average molecular weight is 345 g/mol. The Morgan fingerprint density at radius 2 is 2.12 bits per heavy atom. The molecule has 3 rings (SSSR count). The number of hydrogen-bond acceptors (Lipinski definition) is 6. The largest absolute Gasteiger partial charge is 0.497 e. The zero-order valence-corrected chi connectivity index (χ0v) is 14.8. The topological polar surface area (TPSA) is 77.7 Å². The maximum atomic E-state index is 12.6. The van der Waals surface area contributed by atoms with E-state index in [0.717, 1.165) is 11.3 Å². The number of benzene rings is 1. The number of amides is 1. The molecule has 1 aromatic carbocycles. The Morgan fingerprint density at radius 3 is 2.76 bits per heavy atom. The Bertz CT molecular complexity index is 711. The summed E-state index contributed by atoms with van der Waals surface area (Å²) in [7, 11) is 1.62. The van der Waals surface area contributed by atoms with E-state index >= 15 is 0 Å². The van der Waals surface area contributed by atoms with Gasteiger partial charge in [0.05, 0.1) is 26.7 Å². The highest BCUT2D eigenvalue weighted by Gasteiger charge is 2.29. The highest BCUT2D eigenvalue weighted by atomic mass is 16.5. The van der Waals surface area contributed by atoms with Gasteiger partial charge in [0.1, 0.15) is 11.9 Å². The van der Waals surface area contributed by atoms with E-state index in [1.165, 1.54) is 0 Å². The van der Waals surface area contributed by atoms with Gasteiger partial charge in [-0.2, -0.15) is 4.98 Å². The number of aromatic nitrogens is 2. The molecule has 0 saturated carbocycles. The van der Waals surface area contributed by atoms with Gasteiger partial charge in [0.15, 0.2) is 0 Å². The van der Waals surface area contributed by atoms with Crippen LogP contribution in [0.2, 0.25) is 0 Å². The van der Waals surface area contributed by atoms with Gasteiger partial charge >= 0.3 is 0 Å². The molecule has 1 aliphatic heterocycles. The first kappa shape index (κ1) is 17.4. The smallest absolute Gasteiger partial charge is 0.229 e. The Balaban J connectivity index is 1.62. The predicted octanol–water partition coefficient (Wildman–Crippen LogP) is 2.34. The van der Waals surface area contributed by atoms with Gasteiger partial charge in [0, 0.05) is 12.5 Å². The van der Waals surface area contributed by atoms with Crippen molar-refractivity contribution >= 4 is 5.91 Å². The molecule has 1 amide bonds. The first-order chi connectivity index (χ1) is 12.1. The van der Waals surface area contributed by atoms with E-state index in [1.54, 1.807) is 12.0 Å². The zero-order valence-electron chi connectivity index (χ0n) is 14.8. The van der Waals surface area contributed by atoms with Crippen LogP contribution in [0.25, 0.3) is 0 Å². The molecule has 2 heterocycles. The third kappa shape index (κ3) is 4.17. The van der Waals surface area contributed by atoms with Crippen molar-refractivity contribution in [1.29, 1.82) is 0 Å². The van der Waals surface area contributed by atoms with Crippen molar-refractivity contribution < 1.29 is 18.8 Å². The highest BCUT2D eigenvalue weighted by Crippen LogP contribution is 2.22. The molecule has 1 atom stereocenters. The molecule has 134 valence electrons. The van der Waals surface area contributed by atoms with Crippen LogP contribution in [-0.2, 0) is 16.0 Å². The summed E-state index contributed by atoms with van der Waals surface area (Å²) in [6.45, 7) is 5.45. The molecule has 1 aromatic heterocycles. The Hall–Kier alpha value is -2.41. The maximum absolute atomic E-state index is 12.6. The molecule has 0 unspecified atom stereocenters. The van der Waals surface area contributed by atoms with Crippen LogP contribution in [0.5, 0.6) is 5.75 Å². The molecule has 1 saturated heterocycles. The number of nitrogens with zero attached hydrogens (tertiary/aromatic N) is 3. The first-order valence-corrected chi connectivity index (χ1v) is 8.42. The minimum absolute atomic E-state index is 0.0612. The fourth-order valence-electron chi connectivity index (χ4n) is 2.67. The van der Waals surface area contributed by atoms with Crippen molar-refractivity contribution in [2.24, 2.45) is 0 Å². The molecule has 1 aliphatic rings.